The molecule has 6 nitrogen and oxygen atoms in total. The fourth-order valence-electron chi connectivity index (χ4n) is 3.35. The third kappa shape index (κ3) is 3.32. The molecule has 0 aliphatic carbocycles. The lowest BCUT2D eigenvalue weighted by atomic mass is 10.1. The lowest BCUT2D eigenvalue weighted by Crippen LogP contribution is -2.15. The second-order valence-electron chi connectivity index (χ2n) is 6.60. The van der Waals surface area contributed by atoms with Gasteiger partial charge in [0.1, 0.15) is 36.1 Å². The highest BCUT2D eigenvalue weighted by Crippen LogP contribution is 2.36. The number of hydrogen-bond donors (Lipinski definition) is 1. The van der Waals surface area contributed by atoms with E-state index in [9.17, 15) is 0 Å². The quantitative estimate of drug-likeness (QED) is 0.505. The Morgan fingerprint density at radius 3 is 2.59 bits per heavy atom. The number of halogens is 1. The first-order valence-electron chi connectivity index (χ1n) is 9.20. The van der Waals surface area contributed by atoms with Crippen molar-refractivity contribution < 1.29 is 14.2 Å². The maximum atomic E-state index is 6.25. The molecule has 1 aliphatic rings. The van der Waals surface area contributed by atoms with Crippen LogP contribution in [0.2, 0.25) is 5.02 Å². The van der Waals surface area contributed by atoms with E-state index in [1.54, 1.807) is 7.11 Å². The highest BCUT2D eigenvalue weighted by Gasteiger charge is 2.17. The van der Waals surface area contributed by atoms with Crippen LogP contribution in [0.15, 0.2) is 60.8 Å². The smallest absolute Gasteiger partial charge is 0.163 e. The minimum atomic E-state index is 0.540. The van der Waals surface area contributed by atoms with Crippen molar-refractivity contribution >= 4 is 28.8 Å². The maximum absolute atomic E-state index is 6.25. The summed E-state index contributed by atoms with van der Waals surface area (Å²) in [5, 5.41) is 4.10. The first-order chi connectivity index (χ1) is 14.2. The Balaban J connectivity index is 1.61. The zero-order valence-electron chi connectivity index (χ0n) is 15.7. The van der Waals surface area contributed by atoms with E-state index in [-0.39, 0.29) is 0 Å². The number of nitrogens with zero attached hydrogens (tertiary/aromatic N) is 2. The van der Waals surface area contributed by atoms with Gasteiger partial charge in [0.05, 0.1) is 12.1 Å². The molecular formula is C22H18ClN3O3. The van der Waals surface area contributed by atoms with Crippen LogP contribution in [0.5, 0.6) is 17.2 Å². The Hall–Kier alpha value is -3.38. The molecule has 0 atom stereocenters. The number of ether oxygens (including phenoxy) is 3. The molecule has 146 valence electrons. The van der Waals surface area contributed by atoms with Gasteiger partial charge in [0.25, 0.3) is 0 Å². The molecule has 0 saturated carbocycles. The summed E-state index contributed by atoms with van der Waals surface area (Å²) in [5.74, 6) is 3.07. The lowest BCUT2D eigenvalue weighted by Gasteiger charge is -2.19. The number of aromatic nitrogens is 2. The molecule has 7 heteroatoms. The highest BCUT2D eigenvalue weighted by molar-refractivity contribution is 6.30. The van der Waals surface area contributed by atoms with Crippen molar-refractivity contribution in [2.75, 3.05) is 25.6 Å². The monoisotopic (exact) mass is 407 g/mol. The lowest BCUT2D eigenvalue weighted by molar-refractivity contribution is 0.171. The number of nitrogens with one attached hydrogen (secondary N) is 1. The van der Waals surface area contributed by atoms with Crippen molar-refractivity contribution in [1.29, 1.82) is 0 Å². The van der Waals surface area contributed by atoms with E-state index in [2.05, 4.69) is 5.32 Å². The van der Waals surface area contributed by atoms with Crippen LogP contribution in [0.4, 0.5) is 11.5 Å². The molecule has 1 N–H and O–H groups in total. The van der Waals surface area contributed by atoms with Gasteiger partial charge in [0, 0.05) is 23.5 Å². The summed E-state index contributed by atoms with van der Waals surface area (Å²) in [6.07, 6.45) is 1.84. The summed E-state index contributed by atoms with van der Waals surface area (Å²) >= 11 is 6.25. The van der Waals surface area contributed by atoms with E-state index in [1.807, 2.05) is 65.2 Å². The summed E-state index contributed by atoms with van der Waals surface area (Å²) in [6.45, 7) is 1.10. The van der Waals surface area contributed by atoms with Gasteiger partial charge in [-0.05, 0) is 48.5 Å². The number of pyridine rings is 1. The molecule has 0 spiro atoms. The number of hydrogen-bond acceptors (Lipinski definition) is 5. The van der Waals surface area contributed by atoms with Gasteiger partial charge in [-0.1, -0.05) is 11.6 Å². The van der Waals surface area contributed by atoms with E-state index in [0.29, 0.717) is 18.2 Å². The average Bonchev–Trinajstić information content (AvgIpc) is 3.11. The van der Waals surface area contributed by atoms with E-state index < -0.39 is 0 Å². The fraction of sp³-hybridized carbons (Fsp3) is 0.136. The second kappa shape index (κ2) is 7.22. The number of benzene rings is 2. The minimum Gasteiger partial charge on any atom is -0.497 e. The first-order valence-corrected chi connectivity index (χ1v) is 9.58. The van der Waals surface area contributed by atoms with Crippen molar-refractivity contribution in [3.8, 4) is 28.5 Å². The van der Waals surface area contributed by atoms with Crippen LogP contribution in [0, 0.1) is 0 Å². The molecule has 1 aliphatic heterocycles. The van der Waals surface area contributed by atoms with Crippen LogP contribution in [-0.4, -0.2) is 29.7 Å². The Bertz CT molecular complexity index is 1190. The standard InChI is InChI=1S/C22H18ClN3O3/c1-27-17-6-2-14(3-7-17)21-22(26-13-15(23)4-9-20(26)25-21)24-16-5-8-18-19(12-16)29-11-10-28-18/h2-9,12-13,24H,10-11H2,1H3. The third-order valence-electron chi connectivity index (χ3n) is 4.75. The molecule has 0 amide bonds. The second-order valence-corrected chi connectivity index (χ2v) is 7.03. The summed E-state index contributed by atoms with van der Waals surface area (Å²) in [7, 11) is 1.65. The van der Waals surface area contributed by atoms with Gasteiger partial charge in [-0.15, -0.1) is 0 Å². The van der Waals surface area contributed by atoms with Gasteiger partial charge in [0.2, 0.25) is 0 Å². The first kappa shape index (κ1) is 17.7. The van der Waals surface area contributed by atoms with E-state index in [4.69, 9.17) is 30.8 Å². The summed E-state index contributed by atoms with van der Waals surface area (Å²) in [4.78, 5) is 4.81. The highest BCUT2D eigenvalue weighted by atomic mass is 35.5. The zero-order chi connectivity index (χ0) is 19.8. The molecule has 2 aromatic heterocycles. The Morgan fingerprint density at radius 2 is 1.79 bits per heavy atom. The molecule has 0 unspecified atom stereocenters. The largest absolute Gasteiger partial charge is 0.497 e. The predicted octanol–water partition coefficient (Wildman–Crippen LogP) is 5.18. The van der Waals surface area contributed by atoms with E-state index >= 15 is 0 Å². The molecular weight excluding hydrogens is 390 g/mol. The molecule has 3 heterocycles. The minimum absolute atomic E-state index is 0.540. The number of fused-ring (bicyclic) bond motifs is 2. The number of imidazole rings is 1. The Labute approximate surface area is 172 Å². The summed E-state index contributed by atoms with van der Waals surface area (Å²) in [6, 6.07) is 17.3. The topological polar surface area (TPSA) is 57.0 Å². The van der Waals surface area contributed by atoms with Gasteiger partial charge in [-0.2, -0.15) is 0 Å². The van der Waals surface area contributed by atoms with Crippen molar-refractivity contribution in [3.05, 3.63) is 65.8 Å². The molecule has 5 rings (SSSR count). The summed E-state index contributed by atoms with van der Waals surface area (Å²) < 4.78 is 18.5. The molecule has 2 aromatic carbocycles. The molecule has 0 radical (unpaired) electrons. The normalized spacial score (nSPS) is 12.8. The predicted molar refractivity (Wildman–Crippen MR) is 113 cm³/mol. The van der Waals surface area contributed by atoms with Gasteiger partial charge >= 0.3 is 0 Å². The fourth-order valence-corrected chi connectivity index (χ4v) is 3.51. The third-order valence-corrected chi connectivity index (χ3v) is 4.97. The van der Waals surface area contributed by atoms with Gasteiger partial charge < -0.3 is 19.5 Å². The summed E-state index contributed by atoms with van der Waals surface area (Å²) in [5.41, 5.74) is 3.43. The molecule has 0 bridgehead atoms. The van der Waals surface area contributed by atoms with Crippen molar-refractivity contribution in [2.24, 2.45) is 0 Å². The van der Waals surface area contributed by atoms with E-state index in [1.165, 1.54) is 0 Å². The molecule has 4 aromatic rings. The number of rotatable bonds is 4. The maximum Gasteiger partial charge on any atom is 0.163 e. The molecule has 0 fully saturated rings. The zero-order valence-corrected chi connectivity index (χ0v) is 16.4. The number of methoxy groups -OCH3 is 1. The van der Waals surface area contributed by atoms with Crippen LogP contribution in [0.1, 0.15) is 0 Å². The van der Waals surface area contributed by atoms with Crippen molar-refractivity contribution in [1.82, 2.24) is 9.38 Å². The van der Waals surface area contributed by atoms with Crippen LogP contribution in [-0.2, 0) is 0 Å². The van der Waals surface area contributed by atoms with Crippen LogP contribution < -0.4 is 19.5 Å². The van der Waals surface area contributed by atoms with E-state index in [0.717, 1.165) is 45.7 Å². The van der Waals surface area contributed by atoms with Gasteiger partial charge in [-0.3, -0.25) is 4.40 Å². The Morgan fingerprint density at radius 1 is 1.00 bits per heavy atom. The van der Waals surface area contributed by atoms with Crippen molar-refractivity contribution in [2.45, 2.75) is 0 Å². The average molecular weight is 408 g/mol. The van der Waals surface area contributed by atoms with Gasteiger partial charge in [-0.25, -0.2) is 4.98 Å². The Kier molecular flexibility index (Phi) is 4.41. The van der Waals surface area contributed by atoms with Crippen LogP contribution in [0.25, 0.3) is 16.9 Å². The SMILES string of the molecule is COc1ccc(-c2nc3ccc(Cl)cn3c2Nc2ccc3c(c2)OCCO3)cc1. The van der Waals surface area contributed by atoms with Crippen LogP contribution in [0.3, 0.4) is 0 Å². The molecule has 0 saturated heterocycles. The van der Waals surface area contributed by atoms with Gasteiger partial charge in [0.15, 0.2) is 11.5 Å². The number of anilines is 2. The van der Waals surface area contributed by atoms with Crippen LogP contribution >= 0.6 is 11.6 Å². The van der Waals surface area contributed by atoms with Crippen molar-refractivity contribution in [3.63, 3.8) is 0 Å². The molecule has 29 heavy (non-hydrogen) atoms.